The Bertz CT molecular complexity index is 847. The lowest BCUT2D eigenvalue weighted by Gasteiger charge is -2.08. The van der Waals surface area contributed by atoms with Gasteiger partial charge in [-0.3, -0.25) is 0 Å². The van der Waals surface area contributed by atoms with E-state index in [0.29, 0.717) is 6.07 Å². The first-order valence-electron chi connectivity index (χ1n) is 6.32. The summed E-state index contributed by atoms with van der Waals surface area (Å²) in [6, 6.07) is 2.80. The Morgan fingerprint density at radius 1 is 1.13 bits per heavy atom. The number of hydrogen-bond acceptors (Lipinski definition) is 4. The molecule has 2 heterocycles. The Kier molecular flexibility index (Phi) is 4.03. The average Bonchev–Trinajstić information content (AvgIpc) is 2.80. The second-order valence-corrected chi connectivity index (χ2v) is 4.92. The molecule has 120 valence electrons. The van der Waals surface area contributed by atoms with Crippen LogP contribution in [0.4, 0.5) is 29.1 Å². The fourth-order valence-corrected chi connectivity index (χ4v) is 2.21. The van der Waals surface area contributed by atoms with Crippen LogP contribution in [0.1, 0.15) is 0 Å². The molecule has 0 spiro atoms. The van der Waals surface area contributed by atoms with Crippen molar-refractivity contribution in [3.63, 3.8) is 0 Å². The summed E-state index contributed by atoms with van der Waals surface area (Å²) in [6.07, 6.45) is -1.44. The molecule has 2 aromatic heterocycles. The lowest BCUT2D eigenvalue weighted by Crippen LogP contribution is -2.06. The van der Waals surface area contributed by atoms with Gasteiger partial charge in [0.05, 0.1) is 12.9 Å². The van der Waals surface area contributed by atoms with Gasteiger partial charge in [0.15, 0.2) is 17.0 Å². The molecule has 0 radical (unpaired) electrons. The van der Waals surface area contributed by atoms with Gasteiger partial charge in [-0.15, -0.1) is 0 Å². The van der Waals surface area contributed by atoms with E-state index in [0.717, 1.165) is 16.7 Å². The Balaban J connectivity index is 2.05. The summed E-state index contributed by atoms with van der Waals surface area (Å²) in [4.78, 5) is 11.7. The van der Waals surface area contributed by atoms with Crippen molar-refractivity contribution in [1.82, 2.24) is 19.5 Å². The summed E-state index contributed by atoms with van der Waals surface area (Å²) < 4.78 is 52.7. The van der Waals surface area contributed by atoms with E-state index in [1.54, 1.807) is 0 Å². The maximum atomic E-state index is 13.2. The SMILES string of the molecule is Fc1cc(F)cc(Nc2nc(Cl)nc3c2ncn3CC(F)F)c1. The molecule has 0 fully saturated rings. The van der Waals surface area contributed by atoms with E-state index in [-0.39, 0.29) is 28.0 Å². The van der Waals surface area contributed by atoms with Gasteiger partial charge in [0.2, 0.25) is 5.28 Å². The van der Waals surface area contributed by atoms with Crippen molar-refractivity contribution in [3.8, 4) is 0 Å². The lowest BCUT2D eigenvalue weighted by molar-refractivity contribution is 0.128. The Morgan fingerprint density at radius 2 is 1.83 bits per heavy atom. The van der Waals surface area contributed by atoms with E-state index in [2.05, 4.69) is 20.3 Å². The highest BCUT2D eigenvalue weighted by atomic mass is 35.5. The van der Waals surface area contributed by atoms with Crippen molar-refractivity contribution >= 4 is 34.3 Å². The van der Waals surface area contributed by atoms with E-state index in [1.165, 1.54) is 6.33 Å². The number of fused-ring (bicyclic) bond motifs is 1. The zero-order valence-electron chi connectivity index (χ0n) is 11.3. The van der Waals surface area contributed by atoms with Crippen molar-refractivity contribution in [2.75, 3.05) is 5.32 Å². The minimum absolute atomic E-state index is 0.0537. The number of imidazole rings is 1. The van der Waals surface area contributed by atoms with Crippen LogP contribution in [0.5, 0.6) is 0 Å². The molecular formula is C13H8ClF4N5. The number of halogens is 5. The number of benzene rings is 1. The molecule has 3 rings (SSSR count). The summed E-state index contributed by atoms with van der Waals surface area (Å²) in [6.45, 7) is -0.613. The average molecular weight is 346 g/mol. The van der Waals surface area contributed by atoms with Crippen LogP contribution >= 0.6 is 11.6 Å². The molecule has 0 amide bonds. The molecule has 1 aromatic carbocycles. The van der Waals surface area contributed by atoms with Gasteiger partial charge in [-0.25, -0.2) is 22.5 Å². The molecule has 0 unspecified atom stereocenters. The van der Waals surface area contributed by atoms with Crippen LogP contribution in [0.3, 0.4) is 0 Å². The number of nitrogens with zero attached hydrogens (tertiary/aromatic N) is 4. The summed E-state index contributed by atoms with van der Waals surface area (Å²) in [5.74, 6) is -1.52. The third-order valence-corrected chi connectivity index (χ3v) is 3.07. The zero-order valence-corrected chi connectivity index (χ0v) is 12.0. The van der Waals surface area contributed by atoms with Crippen molar-refractivity contribution in [2.24, 2.45) is 0 Å². The van der Waals surface area contributed by atoms with E-state index in [4.69, 9.17) is 11.6 Å². The Hall–Kier alpha value is -2.42. The molecule has 3 aromatic rings. The van der Waals surface area contributed by atoms with E-state index in [1.807, 2.05) is 0 Å². The molecule has 0 saturated heterocycles. The minimum Gasteiger partial charge on any atom is -0.338 e. The standard InChI is InChI=1S/C13H8ClF4N5/c14-13-21-11(20-8-2-6(15)1-7(16)3-8)10-12(22-13)23(5-19-10)4-9(17)18/h1-3,5,9H,4H2,(H,20,21,22). The number of rotatable bonds is 4. The second kappa shape index (κ2) is 5.99. The monoisotopic (exact) mass is 345 g/mol. The van der Waals surface area contributed by atoms with Crippen LogP contribution in [0.25, 0.3) is 11.2 Å². The minimum atomic E-state index is -2.60. The van der Waals surface area contributed by atoms with Crippen molar-refractivity contribution in [3.05, 3.63) is 41.4 Å². The highest BCUT2D eigenvalue weighted by Crippen LogP contribution is 2.25. The molecule has 0 aliphatic carbocycles. The van der Waals surface area contributed by atoms with Crippen LogP contribution in [-0.4, -0.2) is 25.9 Å². The van der Waals surface area contributed by atoms with Gasteiger partial charge in [0.25, 0.3) is 6.43 Å². The van der Waals surface area contributed by atoms with E-state index >= 15 is 0 Å². The molecule has 1 N–H and O–H groups in total. The fourth-order valence-electron chi connectivity index (χ4n) is 2.05. The third kappa shape index (κ3) is 3.34. The first-order valence-corrected chi connectivity index (χ1v) is 6.70. The third-order valence-electron chi connectivity index (χ3n) is 2.90. The summed E-state index contributed by atoms with van der Waals surface area (Å²) >= 11 is 5.78. The number of hydrogen-bond donors (Lipinski definition) is 1. The van der Waals surface area contributed by atoms with E-state index in [9.17, 15) is 17.6 Å². The molecule has 0 saturated carbocycles. The largest absolute Gasteiger partial charge is 0.338 e. The van der Waals surface area contributed by atoms with Crippen LogP contribution in [-0.2, 0) is 6.54 Å². The molecule has 23 heavy (non-hydrogen) atoms. The number of anilines is 2. The zero-order chi connectivity index (χ0) is 16.6. The van der Waals surface area contributed by atoms with Crippen LogP contribution in [0.2, 0.25) is 5.28 Å². The molecule has 0 aliphatic rings. The van der Waals surface area contributed by atoms with Gasteiger partial charge in [0, 0.05) is 11.8 Å². The molecule has 0 bridgehead atoms. The maximum Gasteiger partial charge on any atom is 0.256 e. The first-order chi connectivity index (χ1) is 10.9. The van der Waals surface area contributed by atoms with Crippen molar-refractivity contribution < 1.29 is 17.6 Å². The Morgan fingerprint density at radius 3 is 2.48 bits per heavy atom. The predicted octanol–water partition coefficient (Wildman–Crippen LogP) is 3.77. The van der Waals surface area contributed by atoms with Crippen molar-refractivity contribution in [2.45, 2.75) is 13.0 Å². The number of alkyl halides is 2. The van der Waals surface area contributed by atoms with Gasteiger partial charge < -0.3 is 9.88 Å². The Labute approximate surface area is 131 Å². The number of aromatic nitrogens is 4. The van der Waals surface area contributed by atoms with Gasteiger partial charge in [-0.05, 0) is 23.7 Å². The normalized spacial score (nSPS) is 11.4. The summed E-state index contributed by atoms with van der Waals surface area (Å²) in [5.41, 5.74) is 0.311. The van der Waals surface area contributed by atoms with Gasteiger partial charge >= 0.3 is 0 Å². The maximum absolute atomic E-state index is 13.2. The lowest BCUT2D eigenvalue weighted by atomic mass is 10.3. The first kappa shape index (κ1) is 15.5. The summed E-state index contributed by atoms with van der Waals surface area (Å²) in [5, 5.41) is 2.44. The molecule has 5 nitrogen and oxygen atoms in total. The van der Waals surface area contributed by atoms with Crippen molar-refractivity contribution in [1.29, 1.82) is 0 Å². The van der Waals surface area contributed by atoms with E-state index < -0.39 is 24.6 Å². The van der Waals surface area contributed by atoms with Crippen LogP contribution < -0.4 is 5.32 Å². The highest BCUT2D eigenvalue weighted by molar-refractivity contribution is 6.28. The smallest absolute Gasteiger partial charge is 0.256 e. The molecule has 0 atom stereocenters. The molecular weight excluding hydrogens is 338 g/mol. The molecule has 10 heteroatoms. The van der Waals surface area contributed by atoms with Crippen LogP contribution in [0.15, 0.2) is 24.5 Å². The van der Waals surface area contributed by atoms with Gasteiger partial charge in [-0.1, -0.05) is 0 Å². The number of nitrogens with one attached hydrogen (secondary N) is 1. The molecule has 0 aliphatic heterocycles. The quantitative estimate of drug-likeness (QED) is 0.578. The predicted molar refractivity (Wildman–Crippen MR) is 76.0 cm³/mol. The van der Waals surface area contributed by atoms with Gasteiger partial charge in [0.1, 0.15) is 11.6 Å². The fraction of sp³-hybridized carbons (Fsp3) is 0.154. The second-order valence-electron chi connectivity index (χ2n) is 4.58. The topological polar surface area (TPSA) is 55.6 Å². The summed E-state index contributed by atoms with van der Waals surface area (Å²) in [7, 11) is 0. The van der Waals surface area contributed by atoms with Crippen LogP contribution in [0, 0.1) is 11.6 Å². The highest BCUT2D eigenvalue weighted by Gasteiger charge is 2.15. The van der Waals surface area contributed by atoms with Gasteiger partial charge in [-0.2, -0.15) is 9.97 Å².